The van der Waals surface area contributed by atoms with E-state index in [1.54, 1.807) is 34.4 Å². The number of hydrogen-bond acceptors (Lipinski definition) is 3. The maximum atomic E-state index is 12.3. The molecule has 0 atom stereocenters. The summed E-state index contributed by atoms with van der Waals surface area (Å²) in [5.74, 6) is -0.0128. The number of ketones is 1. The van der Waals surface area contributed by atoms with Crippen molar-refractivity contribution in [1.29, 1.82) is 0 Å². The number of carbonyl (C=O) groups excluding carboxylic acids is 2. The topological polar surface area (TPSA) is 37.4 Å². The summed E-state index contributed by atoms with van der Waals surface area (Å²) in [6.07, 6.45) is 2.18. The third kappa shape index (κ3) is 4.67. The number of thiophene rings is 1. The van der Waals surface area contributed by atoms with Crippen LogP contribution in [-0.4, -0.2) is 23.1 Å². The maximum Gasteiger partial charge on any atom is 0.223 e. The van der Waals surface area contributed by atoms with Gasteiger partial charge in [0.05, 0.1) is 6.54 Å². The predicted molar refractivity (Wildman–Crippen MR) is 89.9 cm³/mol. The Bertz CT molecular complexity index is 620. The highest BCUT2D eigenvalue weighted by molar-refractivity contribution is 7.09. The molecule has 0 bridgehead atoms. The van der Waals surface area contributed by atoms with E-state index in [1.165, 1.54) is 0 Å². The van der Waals surface area contributed by atoms with E-state index in [-0.39, 0.29) is 24.5 Å². The van der Waals surface area contributed by atoms with Crippen molar-refractivity contribution in [1.82, 2.24) is 4.90 Å². The van der Waals surface area contributed by atoms with E-state index in [1.807, 2.05) is 35.7 Å². The molecule has 1 heterocycles. The zero-order valence-corrected chi connectivity index (χ0v) is 13.2. The van der Waals surface area contributed by atoms with Gasteiger partial charge in [0, 0.05) is 29.8 Å². The minimum atomic E-state index is -0.0161. The van der Waals surface area contributed by atoms with Crippen molar-refractivity contribution in [2.24, 2.45) is 0 Å². The van der Waals surface area contributed by atoms with Crippen LogP contribution in [0.3, 0.4) is 0 Å². The van der Waals surface area contributed by atoms with E-state index in [0.717, 1.165) is 4.88 Å². The first-order chi connectivity index (χ1) is 10.7. The zero-order chi connectivity index (χ0) is 15.8. The summed E-state index contributed by atoms with van der Waals surface area (Å²) in [5.41, 5.74) is 0.656. The Morgan fingerprint density at radius 3 is 2.50 bits per heavy atom. The molecule has 3 nitrogen and oxygen atoms in total. The highest BCUT2D eigenvalue weighted by Crippen LogP contribution is 2.14. The van der Waals surface area contributed by atoms with E-state index < -0.39 is 0 Å². The molecule has 0 spiro atoms. The van der Waals surface area contributed by atoms with Crippen molar-refractivity contribution in [3.8, 4) is 0 Å². The third-order valence-corrected chi connectivity index (χ3v) is 4.15. The smallest absolute Gasteiger partial charge is 0.223 e. The lowest BCUT2D eigenvalue weighted by molar-refractivity contribution is -0.131. The van der Waals surface area contributed by atoms with Crippen molar-refractivity contribution in [3.05, 3.63) is 70.9 Å². The fourth-order valence-electron chi connectivity index (χ4n) is 2.15. The molecule has 0 aliphatic carbocycles. The van der Waals surface area contributed by atoms with Crippen LogP contribution in [0.1, 0.15) is 28.1 Å². The van der Waals surface area contributed by atoms with Gasteiger partial charge in [-0.25, -0.2) is 0 Å². The molecule has 2 rings (SSSR count). The van der Waals surface area contributed by atoms with E-state index in [9.17, 15) is 9.59 Å². The minimum Gasteiger partial charge on any atom is -0.334 e. The van der Waals surface area contributed by atoms with Gasteiger partial charge in [0.1, 0.15) is 0 Å². The van der Waals surface area contributed by atoms with E-state index in [2.05, 4.69) is 6.58 Å². The predicted octanol–water partition coefficient (Wildman–Crippen LogP) is 3.93. The number of amides is 1. The van der Waals surface area contributed by atoms with Crippen LogP contribution in [0.25, 0.3) is 0 Å². The molecule has 22 heavy (non-hydrogen) atoms. The second-order valence-corrected chi connectivity index (χ2v) is 5.96. The van der Waals surface area contributed by atoms with Crippen LogP contribution in [0.4, 0.5) is 0 Å². The third-order valence-electron chi connectivity index (χ3n) is 3.29. The van der Waals surface area contributed by atoms with Crippen LogP contribution in [0.2, 0.25) is 0 Å². The lowest BCUT2D eigenvalue weighted by atomic mass is 10.1. The van der Waals surface area contributed by atoms with E-state index in [4.69, 9.17) is 0 Å². The molecule has 4 heteroatoms. The Kier molecular flexibility index (Phi) is 6.10. The number of rotatable bonds is 8. The van der Waals surface area contributed by atoms with Gasteiger partial charge in [-0.2, -0.15) is 0 Å². The summed E-state index contributed by atoms with van der Waals surface area (Å²) in [5, 5.41) is 1.99. The van der Waals surface area contributed by atoms with E-state index in [0.29, 0.717) is 18.7 Å². The Morgan fingerprint density at radius 2 is 1.86 bits per heavy atom. The van der Waals surface area contributed by atoms with E-state index >= 15 is 0 Å². The van der Waals surface area contributed by atoms with Crippen molar-refractivity contribution in [2.45, 2.75) is 19.4 Å². The van der Waals surface area contributed by atoms with Gasteiger partial charge in [0.15, 0.2) is 5.78 Å². The molecule has 114 valence electrons. The maximum absolute atomic E-state index is 12.3. The average Bonchev–Trinajstić information content (AvgIpc) is 3.06. The average molecular weight is 313 g/mol. The van der Waals surface area contributed by atoms with Crippen LogP contribution < -0.4 is 0 Å². The Balaban J connectivity index is 1.90. The fourth-order valence-corrected chi connectivity index (χ4v) is 2.87. The monoisotopic (exact) mass is 313 g/mol. The lowest BCUT2D eigenvalue weighted by Gasteiger charge is -2.20. The molecule has 0 aliphatic rings. The number of carbonyl (C=O) groups is 2. The number of hydrogen-bond donors (Lipinski definition) is 0. The molecule has 0 saturated heterocycles. The fraction of sp³-hybridized carbons (Fsp3) is 0.222. The Labute approximate surface area is 134 Å². The van der Waals surface area contributed by atoms with Crippen molar-refractivity contribution in [2.75, 3.05) is 6.54 Å². The Hall–Kier alpha value is -2.20. The summed E-state index contributed by atoms with van der Waals surface area (Å²) in [7, 11) is 0. The Morgan fingerprint density at radius 1 is 1.09 bits per heavy atom. The van der Waals surface area contributed by atoms with Crippen LogP contribution in [0.15, 0.2) is 60.5 Å². The van der Waals surface area contributed by atoms with Crippen molar-refractivity contribution in [3.63, 3.8) is 0 Å². The molecule has 1 aromatic heterocycles. The normalized spacial score (nSPS) is 10.2. The van der Waals surface area contributed by atoms with Crippen LogP contribution in [0, 0.1) is 0 Å². The molecule has 2 aromatic rings. The largest absolute Gasteiger partial charge is 0.334 e. The van der Waals surface area contributed by atoms with Gasteiger partial charge >= 0.3 is 0 Å². The summed E-state index contributed by atoms with van der Waals surface area (Å²) in [4.78, 5) is 27.2. The number of Topliss-reactive ketones (excluding diaryl/α,β-unsaturated/α-hetero) is 1. The summed E-state index contributed by atoms with van der Waals surface area (Å²) in [6.45, 7) is 4.77. The van der Waals surface area contributed by atoms with Crippen LogP contribution in [-0.2, 0) is 11.3 Å². The second kappa shape index (κ2) is 8.29. The van der Waals surface area contributed by atoms with Gasteiger partial charge in [-0.05, 0) is 11.4 Å². The molecule has 1 aromatic carbocycles. The van der Waals surface area contributed by atoms with Crippen molar-refractivity contribution >= 4 is 23.0 Å². The number of nitrogens with zero attached hydrogens (tertiary/aromatic N) is 1. The van der Waals surface area contributed by atoms with Gasteiger partial charge < -0.3 is 4.90 Å². The molecule has 0 fully saturated rings. The standard InChI is InChI=1S/C18H19NO2S/c1-2-12-19(14-16-9-6-13-22-16)18(21)11-10-17(20)15-7-4-3-5-8-15/h2-9,13H,1,10-12,14H2. The van der Waals surface area contributed by atoms with Gasteiger partial charge in [0.2, 0.25) is 5.91 Å². The van der Waals surface area contributed by atoms with Crippen molar-refractivity contribution < 1.29 is 9.59 Å². The van der Waals surface area contributed by atoms with Crippen LogP contribution in [0.5, 0.6) is 0 Å². The minimum absolute atomic E-state index is 0.00336. The SMILES string of the molecule is C=CCN(Cc1cccs1)C(=O)CCC(=O)c1ccccc1. The van der Waals surface area contributed by atoms with Gasteiger partial charge in [-0.3, -0.25) is 9.59 Å². The molecule has 0 aliphatic heterocycles. The lowest BCUT2D eigenvalue weighted by Crippen LogP contribution is -2.30. The molecular formula is C18H19NO2S. The summed E-state index contributed by atoms with van der Waals surface area (Å²) >= 11 is 1.62. The molecule has 1 amide bonds. The van der Waals surface area contributed by atoms with Gasteiger partial charge in [-0.15, -0.1) is 17.9 Å². The zero-order valence-electron chi connectivity index (χ0n) is 12.4. The molecule has 0 unspecified atom stereocenters. The first-order valence-electron chi connectivity index (χ1n) is 7.20. The van der Waals surface area contributed by atoms with Gasteiger partial charge in [0.25, 0.3) is 0 Å². The molecule has 0 N–H and O–H groups in total. The molecule has 0 radical (unpaired) electrons. The van der Waals surface area contributed by atoms with Crippen LogP contribution >= 0.6 is 11.3 Å². The highest BCUT2D eigenvalue weighted by Gasteiger charge is 2.15. The highest BCUT2D eigenvalue weighted by atomic mass is 32.1. The summed E-state index contributed by atoms with van der Waals surface area (Å²) < 4.78 is 0. The van der Waals surface area contributed by atoms with Gasteiger partial charge in [-0.1, -0.05) is 42.5 Å². The summed E-state index contributed by atoms with van der Waals surface area (Å²) in [6, 6.07) is 13.1. The first-order valence-corrected chi connectivity index (χ1v) is 8.08. The molecule has 0 saturated carbocycles. The quantitative estimate of drug-likeness (QED) is 0.547. The molecular weight excluding hydrogens is 294 g/mol. The number of benzene rings is 1. The first kappa shape index (κ1) is 16.2. The second-order valence-electron chi connectivity index (χ2n) is 4.93.